The molecule has 0 unspecified atom stereocenters. The van der Waals surface area contributed by atoms with Gasteiger partial charge in [-0.05, 0) is 26.0 Å². The third-order valence-electron chi connectivity index (χ3n) is 6.17. The minimum absolute atomic E-state index is 0.118. The number of nitrogens with zero attached hydrogens (tertiary/aromatic N) is 3. The first kappa shape index (κ1) is 19.9. The van der Waals surface area contributed by atoms with Crippen LogP contribution in [0.15, 0.2) is 39.9 Å². The van der Waals surface area contributed by atoms with Crippen molar-refractivity contribution < 1.29 is 4.74 Å². The zero-order chi connectivity index (χ0) is 20.4. The Morgan fingerprint density at radius 3 is 2.17 bits per heavy atom. The predicted octanol–water partition coefficient (Wildman–Crippen LogP) is 1.13. The molecule has 4 rings (SSSR count). The van der Waals surface area contributed by atoms with E-state index in [2.05, 4.69) is 46.0 Å². The molecule has 2 heterocycles. The molecule has 2 aromatic carbocycles. The maximum atomic E-state index is 12.3. The van der Waals surface area contributed by atoms with Crippen LogP contribution < -0.4 is 26.0 Å². The molecule has 2 saturated heterocycles. The molecule has 0 aliphatic carbocycles. The summed E-state index contributed by atoms with van der Waals surface area (Å²) >= 11 is 0. The van der Waals surface area contributed by atoms with Gasteiger partial charge in [0.1, 0.15) is 11.4 Å². The van der Waals surface area contributed by atoms with Gasteiger partial charge in [-0.3, -0.25) is 14.5 Å². The lowest BCUT2D eigenvalue weighted by molar-refractivity contribution is -0.00569. The summed E-state index contributed by atoms with van der Waals surface area (Å²) in [4.78, 5) is 31.3. The van der Waals surface area contributed by atoms with Crippen LogP contribution in [0.25, 0.3) is 0 Å². The first-order valence-electron chi connectivity index (χ1n) is 10.4. The van der Waals surface area contributed by atoms with Gasteiger partial charge in [0, 0.05) is 57.0 Å². The number of rotatable bonds is 6. The molecular weight excluding hydrogens is 368 g/mol. The monoisotopic (exact) mass is 398 g/mol. The summed E-state index contributed by atoms with van der Waals surface area (Å²) in [5.41, 5.74) is 1.40. The summed E-state index contributed by atoms with van der Waals surface area (Å²) in [6.45, 7) is 11.3. The van der Waals surface area contributed by atoms with Gasteiger partial charge in [-0.15, -0.1) is 0 Å². The summed E-state index contributed by atoms with van der Waals surface area (Å²) in [5.74, 6) is 0. The summed E-state index contributed by atoms with van der Waals surface area (Å²) in [7, 11) is 0. The van der Waals surface area contributed by atoms with Gasteiger partial charge in [0.15, 0.2) is 0 Å². The average Bonchev–Trinajstić information content (AvgIpc) is 2.77. The Hall–Kier alpha value is -2.38. The smallest absolute Gasteiger partial charge is 0.253 e. The van der Waals surface area contributed by atoms with E-state index in [0.717, 1.165) is 52.5 Å². The van der Waals surface area contributed by atoms with Gasteiger partial charge >= 0.3 is 0 Å². The second-order valence-electron chi connectivity index (χ2n) is 8.46. The van der Waals surface area contributed by atoms with E-state index >= 15 is 0 Å². The summed E-state index contributed by atoms with van der Waals surface area (Å²) < 4.78 is 5.44. The topological polar surface area (TPSA) is 65.1 Å². The van der Waals surface area contributed by atoms with E-state index in [-0.39, 0.29) is 16.4 Å². The number of para-hydroxylation sites is 1. The Kier molecular flexibility index (Phi) is 5.61. The van der Waals surface area contributed by atoms with Crippen molar-refractivity contribution in [2.75, 3.05) is 74.1 Å². The maximum absolute atomic E-state index is 12.3. The molecule has 7 nitrogen and oxygen atoms in total. The summed E-state index contributed by atoms with van der Waals surface area (Å²) in [6, 6.07) is 10.3. The van der Waals surface area contributed by atoms with Gasteiger partial charge in [0.05, 0.1) is 13.2 Å². The standard InChI is InChI=1S/C22H30N4O3/c1-22(2,26-12-14-29-15-13-26)16-23-18-19(21(28)20(18)27)25-10-8-24(9-11-25)17-6-4-3-5-7-17/h3-7,23H,8-16H2,1-2H3. The van der Waals surface area contributed by atoms with Gasteiger partial charge in [-0.1, -0.05) is 18.2 Å². The number of hydrogen-bond donors (Lipinski definition) is 1. The third-order valence-corrected chi connectivity index (χ3v) is 6.17. The highest BCUT2D eigenvalue weighted by atomic mass is 16.5. The maximum Gasteiger partial charge on any atom is 0.253 e. The minimum Gasteiger partial charge on any atom is -0.379 e. The van der Waals surface area contributed by atoms with Gasteiger partial charge < -0.3 is 19.9 Å². The van der Waals surface area contributed by atoms with Crippen LogP contribution in [0.5, 0.6) is 0 Å². The van der Waals surface area contributed by atoms with Crippen LogP contribution in [0.4, 0.5) is 17.1 Å². The molecule has 2 aliphatic rings. The fraction of sp³-hybridized carbons (Fsp3) is 0.545. The number of ether oxygens (including phenoxy) is 1. The van der Waals surface area contributed by atoms with Crippen molar-refractivity contribution in [1.82, 2.24) is 4.90 Å². The van der Waals surface area contributed by atoms with E-state index in [1.807, 2.05) is 18.2 Å². The Balaban J connectivity index is 1.39. The third kappa shape index (κ3) is 4.02. The lowest BCUT2D eigenvalue weighted by atomic mass is 10.0. The highest BCUT2D eigenvalue weighted by Crippen LogP contribution is 2.25. The van der Waals surface area contributed by atoms with Crippen molar-refractivity contribution in [3.8, 4) is 0 Å². The van der Waals surface area contributed by atoms with Crippen molar-refractivity contribution in [2.24, 2.45) is 0 Å². The molecule has 1 N–H and O–H groups in total. The fourth-order valence-electron chi connectivity index (χ4n) is 4.26. The first-order chi connectivity index (χ1) is 14.0. The molecule has 2 aliphatic heterocycles. The number of benzene rings is 1. The largest absolute Gasteiger partial charge is 0.379 e. The highest BCUT2D eigenvalue weighted by molar-refractivity contribution is 5.75. The van der Waals surface area contributed by atoms with Crippen LogP contribution >= 0.6 is 0 Å². The van der Waals surface area contributed by atoms with Crippen LogP contribution in [0.2, 0.25) is 0 Å². The fourth-order valence-corrected chi connectivity index (χ4v) is 4.26. The predicted molar refractivity (Wildman–Crippen MR) is 117 cm³/mol. The van der Waals surface area contributed by atoms with Crippen LogP contribution in [0.1, 0.15) is 13.8 Å². The Labute approximate surface area is 171 Å². The Morgan fingerprint density at radius 2 is 1.52 bits per heavy atom. The van der Waals surface area contributed by atoms with Crippen LogP contribution in [0.3, 0.4) is 0 Å². The molecular formula is C22H30N4O3. The van der Waals surface area contributed by atoms with Gasteiger partial charge in [0.25, 0.3) is 10.9 Å². The average molecular weight is 399 g/mol. The number of morpholine rings is 1. The molecule has 0 aromatic heterocycles. The van der Waals surface area contributed by atoms with E-state index in [1.54, 1.807) is 0 Å². The minimum atomic E-state index is -0.386. The molecule has 7 heteroatoms. The zero-order valence-electron chi connectivity index (χ0n) is 17.3. The van der Waals surface area contributed by atoms with Crippen LogP contribution in [0, 0.1) is 0 Å². The molecule has 0 spiro atoms. The lowest BCUT2D eigenvalue weighted by Crippen LogP contribution is -2.55. The van der Waals surface area contributed by atoms with Crippen LogP contribution in [-0.2, 0) is 4.74 Å². The van der Waals surface area contributed by atoms with Crippen molar-refractivity contribution >= 4 is 17.1 Å². The van der Waals surface area contributed by atoms with Crippen LogP contribution in [-0.4, -0.2) is 69.5 Å². The Bertz CT molecular complexity index is 891. The molecule has 156 valence electrons. The van der Waals surface area contributed by atoms with E-state index in [9.17, 15) is 9.59 Å². The quantitative estimate of drug-likeness (QED) is 0.732. The lowest BCUT2D eigenvalue weighted by Gasteiger charge is -2.42. The number of nitrogens with one attached hydrogen (secondary N) is 1. The van der Waals surface area contributed by atoms with Crippen molar-refractivity contribution in [3.05, 3.63) is 50.8 Å². The normalized spacial score (nSPS) is 19.0. The van der Waals surface area contributed by atoms with Gasteiger partial charge in [0.2, 0.25) is 0 Å². The van der Waals surface area contributed by atoms with Gasteiger partial charge in [-0.25, -0.2) is 0 Å². The van der Waals surface area contributed by atoms with E-state index in [0.29, 0.717) is 17.9 Å². The second kappa shape index (κ2) is 8.16. The van der Waals surface area contributed by atoms with Crippen molar-refractivity contribution in [2.45, 2.75) is 19.4 Å². The number of anilines is 3. The molecule has 0 atom stereocenters. The molecule has 0 bridgehead atoms. The van der Waals surface area contributed by atoms with Crippen molar-refractivity contribution in [3.63, 3.8) is 0 Å². The molecule has 2 fully saturated rings. The Morgan fingerprint density at radius 1 is 0.897 bits per heavy atom. The van der Waals surface area contributed by atoms with E-state index in [1.165, 1.54) is 5.69 Å². The molecule has 0 amide bonds. The highest BCUT2D eigenvalue weighted by Gasteiger charge is 2.32. The second-order valence-corrected chi connectivity index (χ2v) is 8.46. The van der Waals surface area contributed by atoms with Crippen molar-refractivity contribution in [1.29, 1.82) is 0 Å². The molecule has 29 heavy (non-hydrogen) atoms. The van der Waals surface area contributed by atoms with E-state index < -0.39 is 0 Å². The van der Waals surface area contributed by atoms with E-state index in [4.69, 9.17) is 4.74 Å². The summed E-state index contributed by atoms with van der Waals surface area (Å²) in [5, 5.41) is 3.30. The number of piperazine rings is 1. The number of hydrogen-bond acceptors (Lipinski definition) is 7. The molecule has 0 radical (unpaired) electrons. The first-order valence-corrected chi connectivity index (χ1v) is 10.4. The molecule has 2 aromatic rings. The summed E-state index contributed by atoms with van der Waals surface area (Å²) in [6.07, 6.45) is 0. The zero-order valence-corrected chi connectivity index (χ0v) is 17.3. The SMILES string of the molecule is CC(C)(CNc1c(N2CCN(c3ccccc3)CC2)c(=O)c1=O)N1CCOCC1. The molecule has 0 saturated carbocycles. The van der Waals surface area contributed by atoms with Gasteiger partial charge in [-0.2, -0.15) is 0 Å².